The number of anilines is 1. The molecule has 0 heterocycles. The Morgan fingerprint density at radius 2 is 1.90 bits per heavy atom. The summed E-state index contributed by atoms with van der Waals surface area (Å²) in [6.07, 6.45) is 0.202. The third-order valence-electron chi connectivity index (χ3n) is 2.79. The van der Waals surface area contributed by atoms with E-state index in [1.807, 2.05) is 0 Å². The number of rotatable bonds is 6. The van der Waals surface area contributed by atoms with E-state index in [0.29, 0.717) is 22.3 Å². The predicted molar refractivity (Wildman–Crippen MR) is 85.6 cm³/mol. The van der Waals surface area contributed by atoms with Gasteiger partial charge in [0.05, 0.1) is 22.3 Å². The molecular formula is C14H19Cl2N3O2. The van der Waals surface area contributed by atoms with Crippen LogP contribution in [0.15, 0.2) is 18.2 Å². The number of halogens is 2. The summed E-state index contributed by atoms with van der Waals surface area (Å²) in [7, 11) is 0. The maximum atomic E-state index is 12.0. The third-order valence-corrected chi connectivity index (χ3v) is 3.42. The quantitative estimate of drug-likeness (QED) is 0.840. The van der Waals surface area contributed by atoms with Crippen LogP contribution in [0, 0.1) is 0 Å². The highest BCUT2D eigenvalue weighted by molar-refractivity contribution is 6.39. The lowest BCUT2D eigenvalue weighted by atomic mass is 10.2. The summed E-state index contributed by atoms with van der Waals surface area (Å²) in [4.78, 5) is 25.4. The fourth-order valence-corrected chi connectivity index (χ4v) is 2.24. The van der Waals surface area contributed by atoms with Crippen molar-refractivity contribution in [3.63, 3.8) is 0 Å². The standard InChI is InChI=1S/C14H19Cl2N3O2/c1-3-19(13(21)7-9(2)17)8-12(20)18-14-10(15)5-4-6-11(14)16/h4-6,9H,3,7-8,17H2,1-2H3,(H,18,20). The Bertz CT molecular complexity index is 501. The van der Waals surface area contributed by atoms with Crippen molar-refractivity contribution in [3.8, 4) is 0 Å². The number of para-hydroxylation sites is 1. The molecule has 1 aromatic carbocycles. The first-order valence-corrected chi connectivity index (χ1v) is 7.38. The normalized spacial score (nSPS) is 11.9. The zero-order valence-electron chi connectivity index (χ0n) is 12.0. The minimum Gasteiger partial charge on any atom is -0.334 e. The number of hydrogen-bond acceptors (Lipinski definition) is 3. The van der Waals surface area contributed by atoms with Gasteiger partial charge in [0.25, 0.3) is 0 Å². The summed E-state index contributed by atoms with van der Waals surface area (Å²) < 4.78 is 0. The van der Waals surface area contributed by atoms with Gasteiger partial charge in [0.2, 0.25) is 11.8 Å². The van der Waals surface area contributed by atoms with Crippen LogP contribution in [-0.2, 0) is 9.59 Å². The molecule has 0 bridgehead atoms. The van der Waals surface area contributed by atoms with Crippen molar-refractivity contribution >= 4 is 40.7 Å². The van der Waals surface area contributed by atoms with E-state index in [0.717, 1.165) is 0 Å². The van der Waals surface area contributed by atoms with Crippen molar-refractivity contribution in [2.45, 2.75) is 26.3 Å². The molecule has 21 heavy (non-hydrogen) atoms. The van der Waals surface area contributed by atoms with Gasteiger partial charge < -0.3 is 16.0 Å². The zero-order valence-corrected chi connectivity index (χ0v) is 13.5. The molecule has 0 aromatic heterocycles. The molecule has 0 fully saturated rings. The number of carbonyl (C=O) groups excluding carboxylic acids is 2. The van der Waals surface area contributed by atoms with Gasteiger partial charge in [-0.15, -0.1) is 0 Å². The molecule has 0 radical (unpaired) electrons. The Kier molecular flexibility index (Phi) is 6.95. The molecule has 0 aliphatic heterocycles. The highest BCUT2D eigenvalue weighted by Crippen LogP contribution is 2.29. The lowest BCUT2D eigenvalue weighted by Gasteiger charge is -2.21. The number of carbonyl (C=O) groups is 2. The fraction of sp³-hybridized carbons (Fsp3) is 0.429. The second-order valence-corrected chi connectivity index (χ2v) is 5.55. The van der Waals surface area contributed by atoms with Crippen molar-refractivity contribution in [1.82, 2.24) is 4.90 Å². The molecular weight excluding hydrogens is 313 g/mol. The Hall–Kier alpha value is -1.30. The highest BCUT2D eigenvalue weighted by Gasteiger charge is 2.18. The van der Waals surface area contributed by atoms with Crippen LogP contribution >= 0.6 is 23.2 Å². The zero-order chi connectivity index (χ0) is 16.0. The first-order valence-electron chi connectivity index (χ1n) is 6.62. The van der Waals surface area contributed by atoms with E-state index in [1.165, 1.54) is 4.90 Å². The maximum Gasteiger partial charge on any atom is 0.244 e. The maximum absolute atomic E-state index is 12.0. The van der Waals surface area contributed by atoms with Crippen molar-refractivity contribution in [2.24, 2.45) is 5.73 Å². The molecule has 0 spiro atoms. The molecule has 0 aliphatic rings. The minimum absolute atomic E-state index is 0.0659. The highest BCUT2D eigenvalue weighted by atomic mass is 35.5. The van der Waals surface area contributed by atoms with Gasteiger partial charge >= 0.3 is 0 Å². The van der Waals surface area contributed by atoms with Gasteiger partial charge in [-0.05, 0) is 26.0 Å². The number of hydrogen-bond donors (Lipinski definition) is 2. The fourth-order valence-electron chi connectivity index (χ4n) is 1.75. The first kappa shape index (κ1) is 17.8. The van der Waals surface area contributed by atoms with Crippen LogP contribution in [0.25, 0.3) is 0 Å². The van der Waals surface area contributed by atoms with Crippen molar-refractivity contribution in [3.05, 3.63) is 28.2 Å². The van der Waals surface area contributed by atoms with E-state index in [4.69, 9.17) is 28.9 Å². The summed E-state index contributed by atoms with van der Waals surface area (Å²) in [5.41, 5.74) is 5.95. The van der Waals surface area contributed by atoms with E-state index in [9.17, 15) is 9.59 Å². The molecule has 0 aliphatic carbocycles. The lowest BCUT2D eigenvalue weighted by molar-refractivity contribution is -0.134. The number of amides is 2. The van der Waals surface area contributed by atoms with Crippen LogP contribution in [0.4, 0.5) is 5.69 Å². The Morgan fingerprint density at radius 3 is 2.38 bits per heavy atom. The molecule has 7 heteroatoms. The molecule has 3 N–H and O–H groups in total. The van der Waals surface area contributed by atoms with E-state index in [1.54, 1.807) is 32.0 Å². The van der Waals surface area contributed by atoms with Gasteiger partial charge in [-0.2, -0.15) is 0 Å². The molecule has 1 aromatic rings. The van der Waals surface area contributed by atoms with Crippen LogP contribution < -0.4 is 11.1 Å². The summed E-state index contributed by atoms with van der Waals surface area (Å²) in [6.45, 7) is 3.91. The van der Waals surface area contributed by atoms with Gasteiger partial charge in [0.1, 0.15) is 0 Å². The first-order chi connectivity index (χ1) is 9.85. The van der Waals surface area contributed by atoms with E-state index in [-0.39, 0.29) is 30.8 Å². The van der Waals surface area contributed by atoms with Crippen molar-refractivity contribution < 1.29 is 9.59 Å². The molecule has 1 rings (SSSR count). The molecule has 5 nitrogen and oxygen atoms in total. The Balaban J connectivity index is 2.69. The summed E-state index contributed by atoms with van der Waals surface area (Å²) in [5, 5.41) is 3.32. The van der Waals surface area contributed by atoms with Gasteiger partial charge in [-0.1, -0.05) is 29.3 Å². The van der Waals surface area contributed by atoms with E-state index in [2.05, 4.69) is 5.32 Å². The Labute approximate surface area is 134 Å². The summed E-state index contributed by atoms with van der Waals surface area (Å²) >= 11 is 12.0. The van der Waals surface area contributed by atoms with E-state index < -0.39 is 0 Å². The molecule has 0 saturated heterocycles. The van der Waals surface area contributed by atoms with Gasteiger partial charge in [-0.25, -0.2) is 0 Å². The second kappa shape index (κ2) is 8.22. The van der Waals surface area contributed by atoms with Crippen LogP contribution in [0.2, 0.25) is 10.0 Å². The third kappa shape index (κ3) is 5.53. The average Bonchev–Trinajstić information content (AvgIpc) is 2.39. The summed E-state index contributed by atoms with van der Waals surface area (Å²) in [6, 6.07) is 4.70. The topological polar surface area (TPSA) is 75.4 Å². The number of likely N-dealkylation sites (N-methyl/N-ethyl adjacent to an activating group) is 1. The average molecular weight is 332 g/mol. The van der Waals surface area contributed by atoms with Gasteiger partial charge in [-0.3, -0.25) is 9.59 Å². The summed E-state index contributed by atoms with van der Waals surface area (Å²) in [5.74, 6) is -0.516. The van der Waals surface area contributed by atoms with Gasteiger partial charge in [0.15, 0.2) is 0 Å². The lowest BCUT2D eigenvalue weighted by Crippen LogP contribution is -2.40. The van der Waals surface area contributed by atoms with Crippen LogP contribution in [0.3, 0.4) is 0 Å². The van der Waals surface area contributed by atoms with E-state index >= 15 is 0 Å². The SMILES string of the molecule is CCN(CC(=O)Nc1c(Cl)cccc1Cl)C(=O)CC(C)N. The van der Waals surface area contributed by atoms with Crippen LogP contribution in [0.1, 0.15) is 20.3 Å². The number of nitrogens with one attached hydrogen (secondary N) is 1. The monoisotopic (exact) mass is 331 g/mol. The molecule has 0 saturated carbocycles. The predicted octanol–water partition coefficient (Wildman–Crippen LogP) is 2.52. The smallest absolute Gasteiger partial charge is 0.244 e. The number of nitrogens with zero attached hydrogens (tertiary/aromatic N) is 1. The van der Waals surface area contributed by atoms with Gasteiger partial charge in [0, 0.05) is 19.0 Å². The molecule has 2 amide bonds. The molecule has 116 valence electrons. The largest absolute Gasteiger partial charge is 0.334 e. The minimum atomic E-state index is -0.357. The van der Waals surface area contributed by atoms with Crippen molar-refractivity contribution in [1.29, 1.82) is 0 Å². The van der Waals surface area contributed by atoms with Crippen molar-refractivity contribution in [2.75, 3.05) is 18.4 Å². The Morgan fingerprint density at radius 1 is 1.33 bits per heavy atom. The molecule has 1 unspecified atom stereocenters. The molecule has 1 atom stereocenters. The second-order valence-electron chi connectivity index (χ2n) is 4.73. The number of benzene rings is 1. The number of nitrogens with two attached hydrogens (primary N) is 1. The van der Waals surface area contributed by atoms with Crippen LogP contribution in [0.5, 0.6) is 0 Å². The van der Waals surface area contributed by atoms with Crippen LogP contribution in [-0.4, -0.2) is 35.8 Å².